The zero-order valence-corrected chi connectivity index (χ0v) is 11.8. The lowest BCUT2D eigenvalue weighted by molar-refractivity contribution is -0.148. The number of hydrogen-bond acceptors (Lipinski definition) is 4. The Kier molecular flexibility index (Phi) is 4.50. The summed E-state index contributed by atoms with van der Waals surface area (Å²) in [7, 11) is 0. The number of rotatable bonds is 6. The van der Waals surface area contributed by atoms with Gasteiger partial charge >= 0.3 is 5.97 Å². The van der Waals surface area contributed by atoms with Crippen LogP contribution < -0.4 is 0 Å². The smallest absolute Gasteiger partial charge is 0.326 e. The summed E-state index contributed by atoms with van der Waals surface area (Å²) in [6.07, 6.45) is 3.10. The molecule has 2 unspecified atom stereocenters. The Hall–Kier alpha value is -1.04. The van der Waals surface area contributed by atoms with E-state index in [2.05, 4.69) is 0 Å². The molecule has 1 heterocycles. The maximum Gasteiger partial charge on any atom is 0.326 e. The Morgan fingerprint density at radius 1 is 1.42 bits per heavy atom. The molecule has 2 atom stereocenters. The number of amides is 1. The van der Waals surface area contributed by atoms with Gasteiger partial charge in [0.05, 0.1) is 0 Å². The Morgan fingerprint density at radius 2 is 2.11 bits per heavy atom. The monoisotopic (exact) mass is 285 g/mol. The summed E-state index contributed by atoms with van der Waals surface area (Å²) in [6, 6.07) is -0.674. The van der Waals surface area contributed by atoms with Crippen molar-refractivity contribution in [1.29, 1.82) is 0 Å². The molecule has 19 heavy (non-hydrogen) atoms. The number of aliphatic carboxylic acids is 1. The Balaban J connectivity index is 1.92. The lowest BCUT2D eigenvalue weighted by Gasteiger charge is -2.24. The zero-order valence-electron chi connectivity index (χ0n) is 11.0. The molecule has 6 heteroatoms. The molecule has 1 aliphatic carbocycles. The minimum atomic E-state index is -0.903. The molecular weight excluding hydrogens is 266 g/mol. The first-order valence-electron chi connectivity index (χ1n) is 6.63. The summed E-state index contributed by atoms with van der Waals surface area (Å²) in [5.41, 5.74) is 0. The summed E-state index contributed by atoms with van der Waals surface area (Å²) in [6.45, 7) is 1.98. The molecule has 0 bridgehead atoms. The third kappa shape index (κ3) is 3.96. The van der Waals surface area contributed by atoms with Crippen LogP contribution in [-0.2, 0) is 14.4 Å². The molecule has 106 valence electrons. The third-order valence-electron chi connectivity index (χ3n) is 3.68. The van der Waals surface area contributed by atoms with Crippen LogP contribution in [0.15, 0.2) is 0 Å². The van der Waals surface area contributed by atoms with Crippen LogP contribution in [0.25, 0.3) is 0 Å². The highest BCUT2D eigenvalue weighted by atomic mass is 32.2. The third-order valence-corrected chi connectivity index (χ3v) is 4.72. The first kappa shape index (κ1) is 14.4. The SMILES string of the molecule is CC(=O)SCC1CC(=O)N(C(CC2CC2)C(=O)O)C1. The van der Waals surface area contributed by atoms with E-state index in [1.54, 1.807) is 0 Å². The van der Waals surface area contributed by atoms with Gasteiger partial charge in [0.15, 0.2) is 5.12 Å². The van der Waals surface area contributed by atoms with Gasteiger partial charge in [-0.05, 0) is 18.3 Å². The molecule has 1 aliphatic heterocycles. The lowest BCUT2D eigenvalue weighted by Crippen LogP contribution is -2.42. The van der Waals surface area contributed by atoms with Crippen LogP contribution in [0.5, 0.6) is 0 Å². The topological polar surface area (TPSA) is 74.7 Å². The molecule has 5 nitrogen and oxygen atoms in total. The second-order valence-electron chi connectivity index (χ2n) is 5.45. The molecule has 2 rings (SSSR count). The number of likely N-dealkylation sites (tertiary alicyclic amines) is 1. The number of carboxylic acid groups (broad SMARTS) is 1. The minimum Gasteiger partial charge on any atom is -0.480 e. The van der Waals surface area contributed by atoms with E-state index in [-0.39, 0.29) is 16.9 Å². The predicted molar refractivity (Wildman–Crippen MR) is 71.7 cm³/mol. The van der Waals surface area contributed by atoms with Crippen molar-refractivity contribution >= 4 is 28.8 Å². The molecule has 0 spiro atoms. The first-order valence-corrected chi connectivity index (χ1v) is 7.61. The highest BCUT2D eigenvalue weighted by Gasteiger charge is 2.40. The van der Waals surface area contributed by atoms with Crippen molar-refractivity contribution in [3.05, 3.63) is 0 Å². The predicted octanol–water partition coefficient (Wildman–Crippen LogP) is 1.37. The van der Waals surface area contributed by atoms with Gasteiger partial charge in [-0.15, -0.1) is 0 Å². The van der Waals surface area contributed by atoms with Crippen molar-refractivity contribution in [1.82, 2.24) is 4.90 Å². The largest absolute Gasteiger partial charge is 0.480 e. The van der Waals surface area contributed by atoms with Gasteiger partial charge in [0.25, 0.3) is 0 Å². The molecule has 0 radical (unpaired) electrons. The van der Waals surface area contributed by atoms with E-state index in [0.717, 1.165) is 12.8 Å². The van der Waals surface area contributed by atoms with Crippen LogP contribution in [0.2, 0.25) is 0 Å². The first-order chi connectivity index (χ1) is 8.97. The van der Waals surface area contributed by atoms with Crippen LogP contribution in [0, 0.1) is 11.8 Å². The molecule has 2 fully saturated rings. The van der Waals surface area contributed by atoms with Gasteiger partial charge in [-0.25, -0.2) is 4.79 Å². The van der Waals surface area contributed by atoms with Crippen LogP contribution in [-0.4, -0.2) is 45.3 Å². The van der Waals surface area contributed by atoms with Gasteiger partial charge in [0.2, 0.25) is 5.91 Å². The van der Waals surface area contributed by atoms with Crippen molar-refractivity contribution in [3.8, 4) is 0 Å². The average Bonchev–Trinajstić information content (AvgIpc) is 3.07. The number of carbonyl (C=O) groups is 3. The van der Waals surface area contributed by atoms with E-state index >= 15 is 0 Å². The van der Waals surface area contributed by atoms with Crippen molar-refractivity contribution in [2.24, 2.45) is 11.8 Å². The molecule has 0 aromatic heterocycles. The van der Waals surface area contributed by atoms with E-state index in [9.17, 15) is 19.5 Å². The van der Waals surface area contributed by atoms with Gasteiger partial charge in [-0.1, -0.05) is 24.6 Å². The molecule has 0 aromatic carbocycles. The minimum absolute atomic E-state index is 0.0404. The molecule has 1 saturated carbocycles. The second-order valence-corrected chi connectivity index (χ2v) is 6.65. The highest BCUT2D eigenvalue weighted by molar-refractivity contribution is 8.13. The lowest BCUT2D eigenvalue weighted by atomic mass is 10.1. The van der Waals surface area contributed by atoms with Crippen molar-refractivity contribution in [2.45, 2.75) is 38.6 Å². The molecule has 2 aliphatic rings. The number of hydrogen-bond donors (Lipinski definition) is 1. The molecule has 1 saturated heterocycles. The number of nitrogens with zero attached hydrogens (tertiary/aromatic N) is 1. The van der Waals surface area contributed by atoms with E-state index in [4.69, 9.17) is 0 Å². The Bertz CT molecular complexity index is 394. The van der Waals surface area contributed by atoms with Gasteiger partial charge in [-0.3, -0.25) is 9.59 Å². The van der Waals surface area contributed by atoms with Crippen molar-refractivity contribution in [2.75, 3.05) is 12.3 Å². The highest BCUT2D eigenvalue weighted by Crippen LogP contribution is 2.36. The maximum absolute atomic E-state index is 11.9. The summed E-state index contributed by atoms with van der Waals surface area (Å²) >= 11 is 1.21. The fourth-order valence-electron chi connectivity index (χ4n) is 2.49. The molecule has 1 N–H and O–H groups in total. The molecule has 0 aromatic rings. The van der Waals surface area contributed by atoms with Crippen LogP contribution in [0.4, 0.5) is 0 Å². The van der Waals surface area contributed by atoms with Crippen molar-refractivity contribution in [3.63, 3.8) is 0 Å². The van der Waals surface area contributed by atoms with Gasteiger partial charge in [0, 0.05) is 25.6 Å². The Labute approximate surface area is 116 Å². The van der Waals surface area contributed by atoms with Crippen LogP contribution >= 0.6 is 11.8 Å². The van der Waals surface area contributed by atoms with E-state index < -0.39 is 12.0 Å². The van der Waals surface area contributed by atoms with E-state index in [0.29, 0.717) is 31.1 Å². The van der Waals surface area contributed by atoms with Crippen LogP contribution in [0.1, 0.15) is 32.6 Å². The average molecular weight is 285 g/mol. The number of carbonyl (C=O) groups excluding carboxylic acids is 2. The summed E-state index contributed by atoms with van der Waals surface area (Å²) in [5.74, 6) is 0.192. The maximum atomic E-state index is 11.9. The molecule has 1 amide bonds. The number of carboxylic acids is 1. The summed E-state index contributed by atoms with van der Waals surface area (Å²) in [4.78, 5) is 35.7. The fraction of sp³-hybridized carbons (Fsp3) is 0.769. The van der Waals surface area contributed by atoms with Gasteiger partial charge in [-0.2, -0.15) is 0 Å². The van der Waals surface area contributed by atoms with Gasteiger partial charge in [0.1, 0.15) is 6.04 Å². The molecular formula is C13H19NO4S. The van der Waals surface area contributed by atoms with Crippen molar-refractivity contribution < 1.29 is 19.5 Å². The van der Waals surface area contributed by atoms with Gasteiger partial charge < -0.3 is 10.0 Å². The summed E-state index contributed by atoms with van der Waals surface area (Å²) < 4.78 is 0. The fourth-order valence-corrected chi connectivity index (χ4v) is 3.18. The van der Waals surface area contributed by atoms with Crippen LogP contribution in [0.3, 0.4) is 0 Å². The normalized spacial score (nSPS) is 24.6. The Morgan fingerprint density at radius 3 is 2.63 bits per heavy atom. The quantitative estimate of drug-likeness (QED) is 0.797. The van der Waals surface area contributed by atoms with E-state index in [1.165, 1.54) is 23.6 Å². The van der Waals surface area contributed by atoms with E-state index in [1.807, 2.05) is 0 Å². The second kappa shape index (κ2) is 5.94. The summed E-state index contributed by atoms with van der Waals surface area (Å²) in [5, 5.41) is 9.32. The standard InChI is InChI=1S/C13H19NO4S/c1-8(15)19-7-10-5-12(16)14(6-10)11(13(17)18)4-9-2-3-9/h9-11H,2-7H2,1H3,(H,17,18). The number of thioether (sulfide) groups is 1. The zero-order chi connectivity index (χ0) is 14.0.